The zero-order chi connectivity index (χ0) is 17.2. The Hall–Kier alpha value is -2.31. The summed E-state index contributed by atoms with van der Waals surface area (Å²) < 4.78 is 16.8. The van der Waals surface area contributed by atoms with Crippen LogP contribution in [0.15, 0.2) is 54.9 Å². The van der Waals surface area contributed by atoms with E-state index in [-0.39, 0.29) is 5.91 Å². The molecule has 24 heavy (non-hydrogen) atoms. The molecular weight excluding hydrogens is 324 g/mol. The molecule has 0 spiro atoms. The van der Waals surface area contributed by atoms with Gasteiger partial charge in [0.2, 0.25) is 5.91 Å². The first-order valence-corrected chi connectivity index (χ1v) is 8.98. The van der Waals surface area contributed by atoms with Gasteiger partial charge in [0.25, 0.3) is 0 Å². The second-order valence-corrected chi connectivity index (χ2v) is 6.66. The number of pyridine rings is 1. The number of benzene rings is 1. The van der Waals surface area contributed by atoms with Crippen molar-refractivity contribution in [3.63, 3.8) is 0 Å². The largest absolute Gasteiger partial charge is 0.384 e. The molecule has 126 valence electrons. The lowest BCUT2D eigenvalue weighted by Gasteiger charge is -2.06. The highest BCUT2D eigenvalue weighted by Gasteiger charge is 2.04. The zero-order valence-electron chi connectivity index (χ0n) is 13.5. The molecule has 1 aromatic heterocycles. The number of amides is 1. The molecule has 2 aromatic rings. The molecule has 0 aliphatic rings. The van der Waals surface area contributed by atoms with Crippen molar-refractivity contribution in [3.8, 4) is 0 Å². The van der Waals surface area contributed by atoms with Crippen molar-refractivity contribution >= 4 is 28.5 Å². The fourth-order valence-electron chi connectivity index (χ4n) is 2.00. The van der Waals surface area contributed by atoms with Crippen LogP contribution in [0, 0.1) is 0 Å². The van der Waals surface area contributed by atoms with Crippen LogP contribution in [0.5, 0.6) is 0 Å². The maximum atomic E-state index is 12.0. The van der Waals surface area contributed by atoms with Gasteiger partial charge in [0.15, 0.2) is 0 Å². The average Bonchev–Trinajstić information content (AvgIpc) is 2.59. The monoisotopic (exact) mass is 344 g/mol. The summed E-state index contributed by atoms with van der Waals surface area (Å²) in [4.78, 5) is 15.9. The molecular formula is C18H20N2O3S. The first-order chi connectivity index (χ1) is 11.7. The molecule has 1 heterocycles. The fraction of sp³-hybridized carbons (Fsp3) is 0.222. The van der Waals surface area contributed by atoms with Crippen LogP contribution in [-0.4, -0.2) is 34.6 Å². The van der Waals surface area contributed by atoms with Crippen molar-refractivity contribution in [2.45, 2.75) is 5.75 Å². The Bertz CT molecular complexity index is 717. The molecule has 0 bridgehead atoms. The molecule has 1 atom stereocenters. The number of hydrogen-bond acceptors (Lipinski definition) is 4. The molecule has 0 saturated heterocycles. The van der Waals surface area contributed by atoms with Gasteiger partial charge in [-0.2, -0.15) is 0 Å². The zero-order valence-corrected chi connectivity index (χ0v) is 14.3. The van der Waals surface area contributed by atoms with Crippen molar-refractivity contribution in [1.82, 2.24) is 4.98 Å². The predicted molar refractivity (Wildman–Crippen MR) is 96.9 cm³/mol. The van der Waals surface area contributed by atoms with Crippen LogP contribution in [0.4, 0.5) is 5.69 Å². The van der Waals surface area contributed by atoms with Crippen LogP contribution < -0.4 is 5.32 Å². The van der Waals surface area contributed by atoms with E-state index in [9.17, 15) is 9.00 Å². The van der Waals surface area contributed by atoms with Crippen LogP contribution in [0.25, 0.3) is 6.08 Å². The number of aromatic nitrogens is 1. The Labute approximate surface area is 144 Å². The van der Waals surface area contributed by atoms with Gasteiger partial charge in [0.1, 0.15) is 0 Å². The highest BCUT2D eigenvalue weighted by atomic mass is 32.2. The van der Waals surface area contributed by atoms with E-state index in [4.69, 9.17) is 4.74 Å². The molecule has 1 aromatic carbocycles. The SMILES string of the molecule is COCC[S@@](=O)Cc1cccc(NC(=O)/C=C/c2ccncc2)c1. The van der Waals surface area contributed by atoms with Gasteiger partial charge >= 0.3 is 0 Å². The van der Waals surface area contributed by atoms with Gasteiger partial charge in [-0.05, 0) is 41.5 Å². The summed E-state index contributed by atoms with van der Waals surface area (Å²) in [6, 6.07) is 11.0. The molecule has 0 saturated carbocycles. The van der Waals surface area contributed by atoms with Crippen LogP contribution in [-0.2, 0) is 26.1 Å². The number of nitrogens with one attached hydrogen (secondary N) is 1. The number of nitrogens with zero attached hydrogens (tertiary/aromatic N) is 1. The molecule has 1 amide bonds. The molecule has 0 aliphatic heterocycles. The van der Waals surface area contributed by atoms with Gasteiger partial charge in [0.05, 0.1) is 6.61 Å². The molecule has 0 aliphatic carbocycles. The predicted octanol–water partition coefficient (Wildman–Crippen LogP) is 2.63. The van der Waals surface area contributed by atoms with E-state index in [0.717, 1.165) is 11.1 Å². The van der Waals surface area contributed by atoms with E-state index in [1.165, 1.54) is 6.08 Å². The van der Waals surface area contributed by atoms with E-state index < -0.39 is 10.8 Å². The van der Waals surface area contributed by atoms with Gasteiger partial charge in [-0.3, -0.25) is 14.0 Å². The summed E-state index contributed by atoms with van der Waals surface area (Å²) in [6.45, 7) is 0.475. The van der Waals surface area contributed by atoms with Crippen LogP contribution >= 0.6 is 0 Å². The van der Waals surface area contributed by atoms with Crippen LogP contribution in [0.2, 0.25) is 0 Å². The van der Waals surface area contributed by atoms with Crippen molar-refractivity contribution in [1.29, 1.82) is 0 Å². The van der Waals surface area contributed by atoms with Gasteiger partial charge < -0.3 is 10.1 Å². The lowest BCUT2D eigenvalue weighted by Crippen LogP contribution is -2.09. The third-order valence-electron chi connectivity index (χ3n) is 3.17. The Morgan fingerprint density at radius 3 is 2.83 bits per heavy atom. The minimum Gasteiger partial charge on any atom is -0.384 e. The highest BCUT2D eigenvalue weighted by Crippen LogP contribution is 2.13. The first kappa shape index (κ1) is 18.0. The fourth-order valence-corrected chi connectivity index (χ4v) is 3.05. The molecule has 2 rings (SSSR count). The number of carbonyl (C=O) groups excluding carboxylic acids is 1. The van der Waals surface area contributed by atoms with E-state index in [1.54, 1.807) is 31.6 Å². The summed E-state index contributed by atoms with van der Waals surface area (Å²) in [5.74, 6) is 0.728. The number of methoxy groups -OCH3 is 1. The second-order valence-electron chi connectivity index (χ2n) is 5.08. The van der Waals surface area contributed by atoms with Crippen molar-refractivity contribution < 1.29 is 13.7 Å². The Morgan fingerprint density at radius 2 is 2.08 bits per heavy atom. The number of anilines is 1. The number of ether oxygens (including phenoxy) is 1. The summed E-state index contributed by atoms with van der Waals surface area (Å²) in [7, 11) is 0.612. The molecule has 0 fully saturated rings. The minimum atomic E-state index is -0.978. The van der Waals surface area contributed by atoms with Crippen LogP contribution in [0.1, 0.15) is 11.1 Å². The van der Waals surface area contributed by atoms with E-state index in [0.29, 0.717) is 23.8 Å². The summed E-state index contributed by atoms with van der Waals surface area (Å²) in [5, 5.41) is 2.80. The highest BCUT2D eigenvalue weighted by molar-refractivity contribution is 7.84. The van der Waals surface area contributed by atoms with Gasteiger partial charge in [-0.15, -0.1) is 0 Å². The van der Waals surface area contributed by atoms with E-state index in [2.05, 4.69) is 10.3 Å². The summed E-state index contributed by atoms with van der Waals surface area (Å²) in [6.07, 6.45) is 6.54. The Morgan fingerprint density at radius 1 is 1.29 bits per heavy atom. The quantitative estimate of drug-likeness (QED) is 0.748. The van der Waals surface area contributed by atoms with Crippen molar-refractivity contribution in [2.75, 3.05) is 24.8 Å². The van der Waals surface area contributed by atoms with E-state index >= 15 is 0 Å². The van der Waals surface area contributed by atoms with Crippen LogP contribution in [0.3, 0.4) is 0 Å². The molecule has 0 unspecified atom stereocenters. The normalized spacial score (nSPS) is 12.2. The number of carbonyl (C=O) groups is 1. The smallest absolute Gasteiger partial charge is 0.248 e. The van der Waals surface area contributed by atoms with Gasteiger partial charge in [0, 0.05) is 53.6 Å². The number of rotatable bonds is 8. The Kier molecular flexibility index (Phi) is 7.32. The third-order valence-corrected chi connectivity index (χ3v) is 4.45. The topological polar surface area (TPSA) is 68.3 Å². The maximum Gasteiger partial charge on any atom is 0.248 e. The van der Waals surface area contributed by atoms with Gasteiger partial charge in [-0.1, -0.05) is 12.1 Å². The second kappa shape index (κ2) is 9.75. The summed E-state index contributed by atoms with van der Waals surface area (Å²) >= 11 is 0. The minimum absolute atomic E-state index is 0.218. The molecule has 6 heteroatoms. The van der Waals surface area contributed by atoms with Crippen molar-refractivity contribution in [3.05, 3.63) is 66.0 Å². The third kappa shape index (κ3) is 6.44. The lowest BCUT2D eigenvalue weighted by atomic mass is 10.2. The Balaban J connectivity index is 1.92. The lowest BCUT2D eigenvalue weighted by molar-refractivity contribution is -0.111. The van der Waals surface area contributed by atoms with Gasteiger partial charge in [-0.25, -0.2) is 0 Å². The summed E-state index contributed by atoms with van der Waals surface area (Å²) in [5.41, 5.74) is 2.50. The van der Waals surface area contributed by atoms with E-state index in [1.807, 2.05) is 30.3 Å². The number of hydrogen-bond donors (Lipinski definition) is 1. The maximum absolute atomic E-state index is 12.0. The molecule has 0 radical (unpaired) electrons. The first-order valence-electron chi connectivity index (χ1n) is 7.49. The molecule has 5 nitrogen and oxygen atoms in total. The molecule has 1 N–H and O–H groups in total. The average molecular weight is 344 g/mol. The van der Waals surface area contributed by atoms with Crippen molar-refractivity contribution in [2.24, 2.45) is 0 Å². The standard InChI is InChI=1S/C18H20N2O3S/c1-23-11-12-24(22)14-16-3-2-4-17(13-16)20-18(21)6-5-15-7-9-19-10-8-15/h2-10,13H,11-12,14H2,1H3,(H,20,21)/b6-5+/t24-/m1/s1.